The second kappa shape index (κ2) is 9.84. The SMILES string of the molecule is CC(C)(O)C(C)(C)O[B]c1cccc(N(c2ccccn2)c2ccccc2-c2ccccc2)c1. The van der Waals surface area contributed by atoms with Gasteiger partial charge in [-0.25, -0.2) is 4.98 Å². The highest BCUT2D eigenvalue weighted by molar-refractivity contribution is 6.47. The highest BCUT2D eigenvalue weighted by Gasteiger charge is 2.35. The molecule has 0 unspecified atom stereocenters. The molecule has 0 amide bonds. The van der Waals surface area contributed by atoms with E-state index in [1.807, 2.05) is 56.3 Å². The summed E-state index contributed by atoms with van der Waals surface area (Å²) in [5, 5.41) is 10.4. The monoisotopic (exact) mass is 449 g/mol. The van der Waals surface area contributed by atoms with Crippen molar-refractivity contribution in [2.45, 2.75) is 38.9 Å². The lowest BCUT2D eigenvalue weighted by Crippen LogP contribution is -2.49. The summed E-state index contributed by atoms with van der Waals surface area (Å²) in [6.45, 7) is 7.26. The fourth-order valence-corrected chi connectivity index (χ4v) is 3.51. The van der Waals surface area contributed by atoms with Gasteiger partial charge in [0.2, 0.25) is 0 Å². The number of rotatable bonds is 8. The van der Waals surface area contributed by atoms with E-state index in [-0.39, 0.29) is 0 Å². The maximum atomic E-state index is 10.4. The van der Waals surface area contributed by atoms with Crippen LogP contribution in [0.25, 0.3) is 11.1 Å². The van der Waals surface area contributed by atoms with Crippen LogP contribution in [0.4, 0.5) is 17.2 Å². The van der Waals surface area contributed by atoms with Gasteiger partial charge in [-0.3, -0.25) is 4.90 Å². The van der Waals surface area contributed by atoms with E-state index in [0.717, 1.165) is 33.8 Å². The molecule has 1 N–H and O–H groups in total. The summed E-state index contributed by atoms with van der Waals surface area (Å²) in [6, 6.07) is 32.7. The molecular weight excluding hydrogens is 419 g/mol. The van der Waals surface area contributed by atoms with Crippen molar-refractivity contribution in [3.05, 3.63) is 103 Å². The van der Waals surface area contributed by atoms with Gasteiger partial charge >= 0.3 is 7.48 Å². The Morgan fingerprint density at radius 2 is 1.50 bits per heavy atom. The first kappa shape index (κ1) is 23.7. The molecule has 1 heterocycles. The first-order chi connectivity index (χ1) is 16.3. The molecule has 0 aliphatic carbocycles. The van der Waals surface area contributed by atoms with Gasteiger partial charge in [-0.15, -0.1) is 0 Å². The molecule has 0 aliphatic rings. The zero-order chi connectivity index (χ0) is 24.2. The first-order valence-corrected chi connectivity index (χ1v) is 11.5. The Bertz CT molecular complexity index is 1220. The summed E-state index contributed by atoms with van der Waals surface area (Å²) in [7, 11) is 1.71. The van der Waals surface area contributed by atoms with Gasteiger partial charge in [-0.1, -0.05) is 72.2 Å². The molecule has 4 aromatic rings. The Kier molecular flexibility index (Phi) is 6.87. The molecule has 0 fully saturated rings. The van der Waals surface area contributed by atoms with Gasteiger partial charge in [0, 0.05) is 17.4 Å². The van der Waals surface area contributed by atoms with Gasteiger partial charge in [0.1, 0.15) is 5.82 Å². The van der Waals surface area contributed by atoms with E-state index in [1.54, 1.807) is 27.5 Å². The van der Waals surface area contributed by atoms with Crippen molar-refractivity contribution in [3.8, 4) is 11.1 Å². The molecule has 171 valence electrons. The van der Waals surface area contributed by atoms with E-state index in [4.69, 9.17) is 4.65 Å². The summed E-state index contributed by atoms with van der Waals surface area (Å²) < 4.78 is 6.01. The number of para-hydroxylation sites is 1. The molecule has 4 rings (SSSR count). The van der Waals surface area contributed by atoms with Crippen LogP contribution in [0.1, 0.15) is 27.7 Å². The van der Waals surface area contributed by atoms with Crippen molar-refractivity contribution in [3.63, 3.8) is 0 Å². The minimum Gasteiger partial charge on any atom is -0.427 e. The zero-order valence-corrected chi connectivity index (χ0v) is 20.1. The first-order valence-electron chi connectivity index (χ1n) is 11.5. The van der Waals surface area contributed by atoms with Crippen LogP contribution in [0.3, 0.4) is 0 Å². The number of aliphatic hydroxyl groups is 1. The third-order valence-corrected chi connectivity index (χ3v) is 6.20. The van der Waals surface area contributed by atoms with Crippen LogP contribution < -0.4 is 10.4 Å². The van der Waals surface area contributed by atoms with Gasteiger partial charge in [-0.2, -0.15) is 0 Å². The quantitative estimate of drug-likeness (QED) is 0.334. The van der Waals surface area contributed by atoms with Gasteiger partial charge in [-0.05, 0) is 63.6 Å². The highest BCUT2D eigenvalue weighted by atomic mass is 16.5. The molecule has 0 bridgehead atoms. The lowest BCUT2D eigenvalue weighted by molar-refractivity contribution is -0.0893. The zero-order valence-electron chi connectivity index (χ0n) is 20.1. The third kappa shape index (κ3) is 5.22. The van der Waals surface area contributed by atoms with Gasteiger partial charge < -0.3 is 9.76 Å². The van der Waals surface area contributed by atoms with Crippen LogP contribution in [0.2, 0.25) is 0 Å². The molecule has 0 spiro atoms. The molecule has 1 radical (unpaired) electrons. The maximum Gasteiger partial charge on any atom is 0.330 e. The summed E-state index contributed by atoms with van der Waals surface area (Å²) in [5.41, 5.74) is 3.40. The van der Waals surface area contributed by atoms with Crippen molar-refractivity contribution in [1.29, 1.82) is 0 Å². The largest absolute Gasteiger partial charge is 0.427 e. The highest BCUT2D eigenvalue weighted by Crippen LogP contribution is 2.39. The molecule has 0 aliphatic heterocycles. The Balaban J connectivity index is 1.76. The van der Waals surface area contributed by atoms with Crippen molar-refractivity contribution in [1.82, 2.24) is 4.98 Å². The number of hydrogen-bond acceptors (Lipinski definition) is 4. The number of nitrogens with zero attached hydrogens (tertiary/aromatic N) is 2. The molecular formula is C29H30BN2O2. The number of benzene rings is 3. The van der Waals surface area contributed by atoms with Crippen molar-refractivity contribution in [2.75, 3.05) is 4.90 Å². The molecule has 4 nitrogen and oxygen atoms in total. The number of aromatic nitrogens is 1. The minimum atomic E-state index is -0.990. The standard InChI is InChI=1S/C29H30BN2O2/c1-28(2,33)29(3,4)34-30-23-15-12-16-24(21-23)32(27-19-10-11-20-31-27)26-18-9-8-17-25(26)22-13-6-5-7-14-22/h5-21,33H,1-4H3. The predicted octanol–water partition coefficient (Wildman–Crippen LogP) is 6.03. The molecule has 1 aromatic heterocycles. The van der Waals surface area contributed by atoms with Crippen LogP contribution in [0, 0.1) is 0 Å². The van der Waals surface area contributed by atoms with Crippen LogP contribution in [0.5, 0.6) is 0 Å². The smallest absolute Gasteiger partial charge is 0.330 e. The molecule has 3 aromatic carbocycles. The van der Waals surface area contributed by atoms with Gasteiger partial charge in [0.25, 0.3) is 0 Å². The summed E-state index contributed by atoms with van der Waals surface area (Å²) in [5.74, 6) is 0.820. The Labute approximate surface area is 203 Å². The van der Waals surface area contributed by atoms with E-state index in [2.05, 4.69) is 64.5 Å². The average Bonchev–Trinajstić information content (AvgIpc) is 2.84. The number of pyridine rings is 1. The Morgan fingerprint density at radius 3 is 2.21 bits per heavy atom. The second-order valence-corrected chi connectivity index (χ2v) is 9.31. The van der Waals surface area contributed by atoms with Crippen LogP contribution in [-0.4, -0.2) is 28.8 Å². The Hall–Kier alpha value is -3.41. The van der Waals surface area contributed by atoms with E-state index < -0.39 is 11.2 Å². The Morgan fingerprint density at radius 1 is 0.794 bits per heavy atom. The van der Waals surface area contributed by atoms with Gasteiger partial charge in [0.05, 0.1) is 16.9 Å². The second-order valence-electron chi connectivity index (χ2n) is 9.31. The molecule has 0 saturated heterocycles. The normalized spacial score (nSPS) is 11.8. The molecule has 0 saturated carbocycles. The van der Waals surface area contributed by atoms with Crippen molar-refractivity contribution >= 4 is 30.1 Å². The number of hydrogen-bond donors (Lipinski definition) is 1. The summed E-state index contributed by atoms with van der Waals surface area (Å²) >= 11 is 0. The fraction of sp³-hybridized carbons (Fsp3) is 0.207. The molecule has 5 heteroatoms. The van der Waals surface area contributed by atoms with Crippen LogP contribution in [-0.2, 0) is 4.65 Å². The van der Waals surface area contributed by atoms with Crippen molar-refractivity contribution < 1.29 is 9.76 Å². The van der Waals surface area contributed by atoms with E-state index >= 15 is 0 Å². The van der Waals surface area contributed by atoms with E-state index in [9.17, 15) is 5.11 Å². The minimum absolute atomic E-state index is 0.746. The molecule has 34 heavy (non-hydrogen) atoms. The van der Waals surface area contributed by atoms with Crippen LogP contribution in [0.15, 0.2) is 103 Å². The topological polar surface area (TPSA) is 45.6 Å². The van der Waals surface area contributed by atoms with E-state index in [1.165, 1.54) is 0 Å². The van der Waals surface area contributed by atoms with Gasteiger partial charge in [0.15, 0.2) is 0 Å². The summed E-state index contributed by atoms with van der Waals surface area (Å²) in [6.07, 6.45) is 1.80. The fourth-order valence-electron chi connectivity index (χ4n) is 3.51. The number of anilines is 3. The maximum absolute atomic E-state index is 10.4. The van der Waals surface area contributed by atoms with Crippen molar-refractivity contribution in [2.24, 2.45) is 0 Å². The predicted molar refractivity (Wildman–Crippen MR) is 141 cm³/mol. The van der Waals surface area contributed by atoms with E-state index in [0.29, 0.717) is 0 Å². The lowest BCUT2D eigenvalue weighted by Gasteiger charge is -2.37. The van der Waals surface area contributed by atoms with Crippen LogP contribution >= 0.6 is 0 Å². The third-order valence-electron chi connectivity index (χ3n) is 6.20. The average molecular weight is 449 g/mol. The summed E-state index contributed by atoms with van der Waals surface area (Å²) in [4.78, 5) is 6.82. The lowest BCUT2D eigenvalue weighted by atomic mass is 9.82. The molecule has 0 atom stereocenters.